The highest BCUT2D eigenvalue weighted by Crippen LogP contribution is 2.39. The maximum atomic E-state index is 13.0. The number of hydrogen-bond donors (Lipinski definition) is 1. The van der Waals surface area contributed by atoms with Crippen molar-refractivity contribution in [2.75, 3.05) is 0 Å². The van der Waals surface area contributed by atoms with Gasteiger partial charge in [-0.3, -0.25) is 4.79 Å². The van der Waals surface area contributed by atoms with Crippen LogP contribution in [0.1, 0.15) is 0 Å². The summed E-state index contributed by atoms with van der Waals surface area (Å²) < 4.78 is 0. The Morgan fingerprint density at radius 1 is 0.600 bits per heavy atom. The number of H-pyrrole nitrogens is 1. The lowest BCUT2D eigenvalue weighted by molar-refractivity contribution is 1.30. The molecule has 0 saturated heterocycles. The van der Waals surface area contributed by atoms with Gasteiger partial charge in [-0.15, -0.1) is 0 Å². The number of pyridine rings is 1. The predicted octanol–water partition coefficient (Wildman–Crippen LogP) is 7.63. The van der Waals surface area contributed by atoms with E-state index in [9.17, 15) is 4.79 Å². The molecule has 0 radical (unpaired) electrons. The van der Waals surface area contributed by atoms with Crippen LogP contribution >= 0.6 is 69.6 Å². The standard InChI is InChI=1S/C17H7Cl6NO/c18-7-1-11(20)15(12(21)2-7)9-5-24-6-10(17(9)25)16-13(22)3-8(19)4-14(16)23/h1-6H,(H,24,25). The molecule has 2 nitrogen and oxygen atoms in total. The van der Waals surface area contributed by atoms with Gasteiger partial charge in [-0.25, -0.2) is 0 Å². The highest BCUT2D eigenvalue weighted by atomic mass is 35.5. The van der Waals surface area contributed by atoms with Crippen LogP contribution in [-0.4, -0.2) is 4.98 Å². The molecule has 2 aromatic carbocycles. The average molecular weight is 454 g/mol. The summed E-state index contributed by atoms with van der Waals surface area (Å²) in [6, 6.07) is 6.05. The van der Waals surface area contributed by atoms with Crippen LogP contribution in [0, 0.1) is 0 Å². The molecule has 1 aromatic heterocycles. The Morgan fingerprint density at radius 3 is 1.24 bits per heavy atom. The lowest BCUT2D eigenvalue weighted by Crippen LogP contribution is -2.09. The molecular weight excluding hydrogens is 447 g/mol. The molecule has 0 aliphatic rings. The first-order valence-corrected chi connectivity index (χ1v) is 9.07. The van der Waals surface area contributed by atoms with Gasteiger partial charge in [0.25, 0.3) is 0 Å². The van der Waals surface area contributed by atoms with E-state index < -0.39 is 0 Å². The molecule has 0 bridgehead atoms. The van der Waals surface area contributed by atoms with Crippen molar-refractivity contribution >= 4 is 69.6 Å². The highest BCUT2D eigenvalue weighted by molar-refractivity contribution is 6.42. The summed E-state index contributed by atoms with van der Waals surface area (Å²) in [4.78, 5) is 15.9. The first-order valence-electron chi connectivity index (χ1n) is 6.80. The molecule has 0 aliphatic heterocycles. The Balaban J connectivity index is 2.30. The Labute approximate surface area is 173 Å². The van der Waals surface area contributed by atoms with Gasteiger partial charge < -0.3 is 4.98 Å². The first kappa shape index (κ1) is 18.9. The van der Waals surface area contributed by atoms with E-state index in [4.69, 9.17) is 69.6 Å². The number of nitrogens with one attached hydrogen (secondary N) is 1. The van der Waals surface area contributed by atoms with Crippen LogP contribution in [0.25, 0.3) is 22.3 Å². The Kier molecular flexibility index (Phi) is 5.60. The molecule has 3 aromatic rings. The zero-order valence-corrected chi connectivity index (χ0v) is 16.7. The van der Waals surface area contributed by atoms with Crippen LogP contribution in [-0.2, 0) is 0 Å². The fourth-order valence-electron chi connectivity index (χ4n) is 2.45. The molecular formula is C17H7Cl6NO. The number of halogens is 6. The molecule has 0 unspecified atom stereocenters. The van der Waals surface area contributed by atoms with Gasteiger partial charge in [-0.1, -0.05) is 69.6 Å². The van der Waals surface area contributed by atoms with E-state index in [1.165, 1.54) is 36.7 Å². The van der Waals surface area contributed by atoms with Crippen LogP contribution in [0.2, 0.25) is 30.1 Å². The summed E-state index contributed by atoms with van der Waals surface area (Å²) in [6.07, 6.45) is 3.01. The zero-order chi connectivity index (χ0) is 18.3. The minimum Gasteiger partial charge on any atom is -0.366 e. The van der Waals surface area contributed by atoms with Gasteiger partial charge in [-0.2, -0.15) is 0 Å². The van der Waals surface area contributed by atoms with Crippen molar-refractivity contribution in [1.82, 2.24) is 4.98 Å². The molecule has 128 valence electrons. The van der Waals surface area contributed by atoms with Crippen molar-refractivity contribution in [2.45, 2.75) is 0 Å². The fourth-order valence-corrected chi connectivity index (χ4v) is 4.50. The predicted molar refractivity (Wildman–Crippen MR) is 108 cm³/mol. The van der Waals surface area contributed by atoms with Crippen molar-refractivity contribution in [1.29, 1.82) is 0 Å². The van der Waals surface area contributed by atoms with Gasteiger partial charge in [0, 0.05) is 44.7 Å². The highest BCUT2D eigenvalue weighted by Gasteiger charge is 2.19. The largest absolute Gasteiger partial charge is 0.366 e. The molecule has 0 aliphatic carbocycles. The summed E-state index contributed by atoms with van der Waals surface area (Å²) in [5.74, 6) is 0. The van der Waals surface area contributed by atoms with Crippen molar-refractivity contribution in [3.63, 3.8) is 0 Å². The lowest BCUT2D eigenvalue weighted by Gasteiger charge is -2.11. The zero-order valence-electron chi connectivity index (χ0n) is 12.1. The molecule has 8 heteroatoms. The van der Waals surface area contributed by atoms with E-state index in [1.54, 1.807) is 0 Å². The van der Waals surface area contributed by atoms with Crippen LogP contribution in [0.3, 0.4) is 0 Å². The van der Waals surface area contributed by atoms with Crippen LogP contribution in [0.15, 0.2) is 41.5 Å². The van der Waals surface area contributed by atoms with Crippen molar-refractivity contribution in [2.24, 2.45) is 0 Å². The summed E-state index contributed by atoms with van der Waals surface area (Å²) in [6.45, 7) is 0. The second-order valence-electron chi connectivity index (χ2n) is 5.10. The van der Waals surface area contributed by atoms with Crippen molar-refractivity contribution in [3.8, 4) is 22.3 Å². The number of benzene rings is 2. The van der Waals surface area contributed by atoms with Gasteiger partial charge in [0.2, 0.25) is 0 Å². The normalized spacial score (nSPS) is 11.0. The Hall–Kier alpha value is -0.870. The van der Waals surface area contributed by atoms with Crippen molar-refractivity contribution < 1.29 is 0 Å². The summed E-state index contributed by atoms with van der Waals surface area (Å²) in [5.41, 5.74) is 0.947. The molecule has 0 atom stereocenters. The van der Waals surface area contributed by atoms with Gasteiger partial charge in [0.1, 0.15) is 0 Å². The molecule has 0 amide bonds. The molecule has 1 N–H and O–H groups in total. The minimum atomic E-state index is -0.337. The second kappa shape index (κ2) is 7.40. The van der Waals surface area contributed by atoms with Crippen LogP contribution in [0.5, 0.6) is 0 Å². The Bertz CT molecular complexity index is 919. The summed E-state index contributed by atoms with van der Waals surface area (Å²) >= 11 is 36.8. The minimum absolute atomic E-state index is 0.258. The number of rotatable bonds is 2. The third-order valence-corrected chi connectivity index (χ3v) is 5.13. The number of aromatic amines is 1. The SMILES string of the molecule is O=c1c(-c2c(Cl)cc(Cl)cc2Cl)c[nH]cc1-c1c(Cl)cc(Cl)cc1Cl. The molecule has 1 heterocycles. The van der Waals surface area contributed by atoms with E-state index >= 15 is 0 Å². The summed E-state index contributed by atoms with van der Waals surface area (Å²) in [7, 11) is 0. The van der Waals surface area contributed by atoms with E-state index in [-0.39, 0.29) is 36.6 Å². The van der Waals surface area contributed by atoms with Gasteiger partial charge in [0.05, 0.1) is 20.1 Å². The monoisotopic (exact) mass is 451 g/mol. The van der Waals surface area contributed by atoms with Gasteiger partial charge in [0.15, 0.2) is 5.43 Å². The van der Waals surface area contributed by atoms with Crippen LogP contribution < -0.4 is 5.43 Å². The van der Waals surface area contributed by atoms with Gasteiger partial charge >= 0.3 is 0 Å². The maximum absolute atomic E-state index is 13.0. The molecule has 3 rings (SSSR count). The first-order chi connectivity index (χ1) is 11.8. The Morgan fingerprint density at radius 2 is 0.920 bits per heavy atom. The third-order valence-electron chi connectivity index (χ3n) is 3.50. The molecule has 0 saturated carbocycles. The van der Waals surface area contributed by atoms with E-state index in [0.29, 0.717) is 21.2 Å². The second-order valence-corrected chi connectivity index (χ2v) is 7.60. The van der Waals surface area contributed by atoms with Crippen molar-refractivity contribution in [3.05, 3.63) is 77.0 Å². The number of hydrogen-bond acceptors (Lipinski definition) is 1. The lowest BCUT2D eigenvalue weighted by atomic mass is 10.0. The fraction of sp³-hybridized carbons (Fsp3) is 0. The van der Waals surface area contributed by atoms with E-state index in [2.05, 4.69) is 4.98 Å². The summed E-state index contributed by atoms with van der Waals surface area (Å²) in [5, 5.41) is 1.77. The molecule has 25 heavy (non-hydrogen) atoms. The van der Waals surface area contributed by atoms with E-state index in [0.717, 1.165) is 0 Å². The number of aromatic nitrogens is 1. The topological polar surface area (TPSA) is 32.9 Å². The smallest absolute Gasteiger partial charge is 0.197 e. The average Bonchev–Trinajstić information content (AvgIpc) is 2.48. The molecule has 0 spiro atoms. The van der Waals surface area contributed by atoms with Gasteiger partial charge in [-0.05, 0) is 24.3 Å². The third kappa shape index (κ3) is 3.66. The van der Waals surface area contributed by atoms with E-state index in [1.807, 2.05) is 0 Å². The maximum Gasteiger partial charge on any atom is 0.197 e. The van der Waals surface area contributed by atoms with Crippen LogP contribution in [0.4, 0.5) is 0 Å². The quantitative estimate of drug-likeness (QED) is 0.425. The molecule has 0 fully saturated rings.